The molecule has 2 N–H and O–H groups in total. The van der Waals surface area contributed by atoms with Crippen LogP contribution in [0.4, 0.5) is 10.5 Å². The zero-order chi connectivity index (χ0) is 23.4. The largest absolute Gasteiger partial charge is 0.450 e. The molecule has 0 radical (unpaired) electrons. The molecule has 1 aliphatic heterocycles. The van der Waals surface area contributed by atoms with Gasteiger partial charge in [-0.1, -0.05) is 48.5 Å². The Labute approximate surface area is 199 Å². The monoisotopic (exact) mass is 481 g/mol. The van der Waals surface area contributed by atoms with E-state index < -0.39 is 24.4 Å². The average Bonchev–Trinajstić information content (AvgIpc) is 3.35. The van der Waals surface area contributed by atoms with Gasteiger partial charge < -0.3 is 15.1 Å². The number of aryl methyl sites for hydroxylation is 1. The first-order valence-electron chi connectivity index (χ1n) is 10.2. The molecule has 4 rings (SSSR count). The van der Waals surface area contributed by atoms with E-state index in [1.54, 1.807) is 30.3 Å². The molecule has 4 amide bonds. The zero-order valence-corrected chi connectivity index (χ0v) is 19.2. The van der Waals surface area contributed by atoms with Gasteiger partial charge in [-0.3, -0.25) is 9.59 Å². The van der Waals surface area contributed by atoms with Gasteiger partial charge in [-0.15, -0.1) is 0 Å². The first-order valence-corrected chi connectivity index (χ1v) is 11.4. The molecule has 1 aromatic heterocycles. The number of halogens is 1. The third kappa shape index (κ3) is 5.47. The van der Waals surface area contributed by atoms with Crippen molar-refractivity contribution in [1.82, 2.24) is 10.2 Å². The van der Waals surface area contributed by atoms with E-state index in [-0.39, 0.29) is 5.70 Å². The molecule has 2 aromatic carbocycles. The van der Waals surface area contributed by atoms with Crippen molar-refractivity contribution in [2.45, 2.75) is 23.3 Å². The van der Waals surface area contributed by atoms with E-state index in [0.29, 0.717) is 21.6 Å². The number of carbonyl (C=O) groups excluding carboxylic acids is 3. The van der Waals surface area contributed by atoms with Gasteiger partial charge >= 0.3 is 6.03 Å². The lowest BCUT2D eigenvalue weighted by molar-refractivity contribution is -0.127. The predicted molar refractivity (Wildman–Crippen MR) is 127 cm³/mol. The van der Waals surface area contributed by atoms with Crippen LogP contribution in [-0.4, -0.2) is 29.3 Å². The molecule has 0 atom stereocenters. The number of nitrogens with zero attached hydrogens (tertiary/aromatic N) is 1. The Morgan fingerprint density at radius 1 is 1.12 bits per heavy atom. The second kappa shape index (κ2) is 9.97. The molecular weight excluding hydrogens is 462 g/mol. The summed E-state index contributed by atoms with van der Waals surface area (Å²) in [6.07, 6.45) is 2.18. The van der Waals surface area contributed by atoms with Crippen molar-refractivity contribution < 1.29 is 18.8 Å². The Balaban J connectivity index is 1.41. The number of rotatable bonds is 7. The first-order chi connectivity index (χ1) is 15.9. The number of hydrogen-bond acceptors (Lipinski definition) is 5. The van der Waals surface area contributed by atoms with Gasteiger partial charge in [-0.2, -0.15) is 0 Å². The van der Waals surface area contributed by atoms with Crippen LogP contribution in [0.2, 0.25) is 5.02 Å². The minimum absolute atomic E-state index is 0.0409. The normalized spacial score (nSPS) is 14.6. The fourth-order valence-corrected chi connectivity index (χ4v) is 4.13. The van der Waals surface area contributed by atoms with Crippen LogP contribution in [0.3, 0.4) is 0 Å². The Kier molecular flexibility index (Phi) is 6.86. The van der Waals surface area contributed by atoms with E-state index in [1.165, 1.54) is 17.8 Å². The summed E-state index contributed by atoms with van der Waals surface area (Å²) >= 11 is 7.30. The lowest BCUT2D eigenvalue weighted by Gasteiger charge is -2.13. The smallest absolute Gasteiger partial charge is 0.329 e. The highest BCUT2D eigenvalue weighted by Crippen LogP contribution is 2.30. The summed E-state index contributed by atoms with van der Waals surface area (Å²) in [7, 11) is 0. The second-order valence-electron chi connectivity index (χ2n) is 7.15. The maximum atomic E-state index is 12.7. The standard InChI is InChI=1S/C24H20ClN3O4S/c1-2-15-5-3-4-6-19(15)26-21(29)14-28-23(30)20(27-24(28)31)13-17-9-12-22(32-17)33-18-10-7-16(25)8-11-18/h3-13H,2,14H2,1H3,(H,26,29)(H,27,31)/b20-13+. The van der Waals surface area contributed by atoms with Gasteiger partial charge in [0.2, 0.25) is 5.91 Å². The molecule has 33 heavy (non-hydrogen) atoms. The molecule has 2 heterocycles. The molecule has 1 fully saturated rings. The molecule has 0 saturated carbocycles. The van der Waals surface area contributed by atoms with Gasteiger partial charge in [-0.25, -0.2) is 9.69 Å². The maximum absolute atomic E-state index is 12.7. The molecule has 0 aliphatic carbocycles. The summed E-state index contributed by atoms with van der Waals surface area (Å²) < 4.78 is 5.74. The Hall–Kier alpha value is -3.49. The van der Waals surface area contributed by atoms with E-state index in [2.05, 4.69) is 10.6 Å². The third-order valence-corrected chi connectivity index (χ3v) is 6.04. The molecule has 0 bridgehead atoms. The first kappa shape index (κ1) is 22.7. The topological polar surface area (TPSA) is 91.7 Å². The maximum Gasteiger partial charge on any atom is 0.329 e. The van der Waals surface area contributed by atoms with Gasteiger partial charge in [0.25, 0.3) is 5.91 Å². The van der Waals surface area contributed by atoms with Crippen molar-refractivity contribution in [3.63, 3.8) is 0 Å². The summed E-state index contributed by atoms with van der Waals surface area (Å²) in [5, 5.41) is 6.52. The second-order valence-corrected chi connectivity index (χ2v) is 8.67. The average molecular weight is 482 g/mol. The van der Waals surface area contributed by atoms with Crippen molar-refractivity contribution in [3.05, 3.63) is 82.7 Å². The zero-order valence-electron chi connectivity index (χ0n) is 17.6. The molecular formula is C24H20ClN3O4S. The minimum Gasteiger partial charge on any atom is -0.450 e. The third-order valence-electron chi connectivity index (χ3n) is 4.86. The quantitative estimate of drug-likeness (QED) is 0.358. The van der Waals surface area contributed by atoms with Gasteiger partial charge in [0.15, 0.2) is 5.09 Å². The SMILES string of the molecule is CCc1ccccc1NC(=O)CN1C(=O)N/C(=C/c2ccc(Sc3ccc(Cl)cc3)o2)C1=O. The van der Waals surface area contributed by atoms with Crippen LogP contribution in [0.1, 0.15) is 18.2 Å². The van der Waals surface area contributed by atoms with Crippen molar-refractivity contribution >= 4 is 53.0 Å². The number of furan rings is 1. The van der Waals surface area contributed by atoms with E-state index in [1.807, 2.05) is 37.3 Å². The molecule has 168 valence electrons. The lowest BCUT2D eigenvalue weighted by atomic mass is 10.1. The minimum atomic E-state index is -0.660. The number of hydrogen-bond donors (Lipinski definition) is 2. The number of anilines is 1. The van der Waals surface area contributed by atoms with Crippen LogP contribution in [0, 0.1) is 0 Å². The van der Waals surface area contributed by atoms with Crippen LogP contribution in [-0.2, 0) is 16.0 Å². The lowest BCUT2D eigenvalue weighted by Crippen LogP contribution is -2.38. The summed E-state index contributed by atoms with van der Waals surface area (Å²) in [5.74, 6) is -0.652. The van der Waals surface area contributed by atoms with Gasteiger partial charge in [0.1, 0.15) is 18.0 Å². The molecule has 0 spiro atoms. The van der Waals surface area contributed by atoms with Crippen LogP contribution in [0.15, 0.2) is 80.8 Å². The summed E-state index contributed by atoms with van der Waals surface area (Å²) in [4.78, 5) is 39.3. The van der Waals surface area contributed by atoms with E-state index in [9.17, 15) is 14.4 Å². The Bertz CT molecular complexity index is 1240. The van der Waals surface area contributed by atoms with Gasteiger partial charge in [0, 0.05) is 21.7 Å². The van der Waals surface area contributed by atoms with Crippen LogP contribution in [0.5, 0.6) is 0 Å². The summed E-state index contributed by atoms with van der Waals surface area (Å²) in [6.45, 7) is 1.59. The van der Waals surface area contributed by atoms with Crippen LogP contribution in [0.25, 0.3) is 6.08 Å². The molecule has 3 aromatic rings. The Morgan fingerprint density at radius 3 is 2.64 bits per heavy atom. The number of para-hydroxylation sites is 1. The van der Waals surface area contributed by atoms with Crippen molar-refractivity contribution in [3.8, 4) is 0 Å². The van der Waals surface area contributed by atoms with E-state index >= 15 is 0 Å². The molecule has 0 unspecified atom stereocenters. The Morgan fingerprint density at radius 2 is 1.88 bits per heavy atom. The number of carbonyl (C=O) groups is 3. The van der Waals surface area contributed by atoms with Gasteiger partial charge in [-0.05, 0) is 54.4 Å². The fraction of sp³-hybridized carbons (Fsp3) is 0.125. The molecule has 1 aliphatic rings. The van der Waals surface area contributed by atoms with Crippen molar-refractivity contribution in [2.75, 3.05) is 11.9 Å². The van der Waals surface area contributed by atoms with Gasteiger partial charge in [0.05, 0.1) is 0 Å². The van der Waals surface area contributed by atoms with Crippen molar-refractivity contribution in [1.29, 1.82) is 0 Å². The van der Waals surface area contributed by atoms with Crippen LogP contribution < -0.4 is 10.6 Å². The number of nitrogens with one attached hydrogen (secondary N) is 2. The summed E-state index contributed by atoms with van der Waals surface area (Å²) in [5.41, 5.74) is 1.67. The number of urea groups is 1. The number of benzene rings is 2. The van der Waals surface area contributed by atoms with E-state index in [4.69, 9.17) is 16.0 Å². The number of imide groups is 1. The highest BCUT2D eigenvalue weighted by molar-refractivity contribution is 7.99. The highest BCUT2D eigenvalue weighted by atomic mass is 35.5. The molecule has 7 nitrogen and oxygen atoms in total. The number of amides is 4. The fourth-order valence-electron chi connectivity index (χ4n) is 3.23. The highest BCUT2D eigenvalue weighted by Gasteiger charge is 2.35. The summed E-state index contributed by atoms with van der Waals surface area (Å²) in [6, 6.07) is 17.5. The molecule has 1 saturated heterocycles. The predicted octanol–water partition coefficient (Wildman–Crippen LogP) is 5.18. The van der Waals surface area contributed by atoms with E-state index in [0.717, 1.165) is 21.8 Å². The molecule has 9 heteroatoms. The van der Waals surface area contributed by atoms with Crippen LogP contribution >= 0.6 is 23.4 Å². The van der Waals surface area contributed by atoms with Crippen molar-refractivity contribution in [2.24, 2.45) is 0 Å².